The highest BCUT2D eigenvalue weighted by Crippen LogP contribution is 2.20. The Kier molecular flexibility index (Phi) is 6.87. The van der Waals surface area contributed by atoms with Gasteiger partial charge >= 0.3 is 11.9 Å². The SMILES string of the molecule is CCOC(=O)c1ccc(COC(=O)CNC(C)=O)c(Br)c1. The molecule has 0 unspecified atom stereocenters. The fourth-order valence-corrected chi connectivity index (χ4v) is 1.90. The Bertz CT molecular complexity index is 544. The highest BCUT2D eigenvalue weighted by molar-refractivity contribution is 9.10. The lowest BCUT2D eigenvalue weighted by Gasteiger charge is -2.08. The normalized spacial score (nSPS) is 9.86. The molecule has 114 valence electrons. The minimum absolute atomic E-state index is 0.0438. The van der Waals surface area contributed by atoms with Crippen LogP contribution in [0.3, 0.4) is 0 Å². The third-order valence-electron chi connectivity index (χ3n) is 2.43. The Morgan fingerprint density at radius 1 is 1.24 bits per heavy atom. The maximum absolute atomic E-state index is 11.6. The summed E-state index contributed by atoms with van der Waals surface area (Å²) in [7, 11) is 0. The van der Waals surface area contributed by atoms with Gasteiger partial charge in [0.05, 0.1) is 12.2 Å². The number of carbonyl (C=O) groups excluding carboxylic acids is 3. The molecule has 0 aliphatic heterocycles. The van der Waals surface area contributed by atoms with Crippen LogP contribution in [0.4, 0.5) is 0 Å². The van der Waals surface area contributed by atoms with Crippen molar-refractivity contribution >= 4 is 33.8 Å². The molecule has 0 saturated heterocycles. The molecule has 0 bridgehead atoms. The number of halogens is 1. The quantitative estimate of drug-likeness (QED) is 0.785. The van der Waals surface area contributed by atoms with Crippen LogP contribution < -0.4 is 5.32 Å². The van der Waals surface area contributed by atoms with Crippen molar-refractivity contribution in [2.24, 2.45) is 0 Å². The average molecular weight is 358 g/mol. The molecule has 0 aromatic heterocycles. The third kappa shape index (κ3) is 5.95. The van der Waals surface area contributed by atoms with Crippen molar-refractivity contribution in [3.8, 4) is 0 Å². The fraction of sp³-hybridized carbons (Fsp3) is 0.357. The second-order valence-corrected chi connectivity index (χ2v) is 4.95. The molecule has 0 heterocycles. The molecule has 0 fully saturated rings. The van der Waals surface area contributed by atoms with E-state index in [1.54, 1.807) is 25.1 Å². The van der Waals surface area contributed by atoms with Crippen LogP contribution in [0, 0.1) is 0 Å². The van der Waals surface area contributed by atoms with Crippen molar-refractivity contribution in [1.82, 2.24) is 5.32 Å². The molecule has 1 rings (SSSR count). The van der Waals surface area contributed by atoms with Gasteiger partial charge in [0.15, 0.2) is 0 Å². The van der Waals surface area contributed by atoms with Crippen LogP contribution in [-0.2, 0) is 25.7 Å². The lowest BCUT2D eigenvalue weighted by molar-refractivity contribution is -0.145. The van der Waals surface area contributed by atoms with E-state index in [1.165, 1.54) is 6.92 Å². The number of carbonyl (C=O) groups is 3. The number of benzene rings is 1. The van der Waals surface area contributed by atoms with Crippen molar-refractivity contribution < 1.29 is 23.9 Å². The van der Waals surface area contributed by atoms with Gasteiger partial charge in [0.25, 0.3) is 0 Å². The largest absolute Gasteiger partial charge is 0.462 e. The summed E-state index contributed by atoms with van der Waals surface area (Å²) >= 11 is 3.31. The molecule has 0 aliphatic rings. The highest BCUT2D eigenvalue weighted by Gasteiger charge is 2.11. The summed E-state index contributed by atoms with van der Waals surface area (Å²) in [5, 5.41) is 2.35. The summed E-state index contributed by atoms with van der Waals surface area (Å²) in [5.74, 6) is -1.24. The van der Waals surface area contributed by atoms with E-state index in [1.807, 2.05) is 0 Å². The monoisotopic (exact) mass is 357 g/mol. The van der Waals surface area contributed by atoms with Crippen molar-refractivity contribution in [2.45, 2.75) is 20.5 Å². The van der Waals surface area contributed by atoms with Gasteiger partial charge in [-0.25, -0.2) is 4.79 Å². The summed E-state index contributed by atoms with van der Waals surface area (Å²) in [4.78, 5) is 33.6. The van der Waals surface area contributed by atoms with Gasteiger partial charge in [0.2, 0.25) is 5.91 Å². The smallest absolute Gasteiger partial charge is 0.338 e. The van der Waals surface area contributed by atoms with E-state index < -0.39 is 11.9 Å². The van der Waals surface area contributed by atoms with Gasteiger partial charge in [-0.2, -0.15) is 0 Å². The average Bonchev–Trinajstić information content (AvgIpc) is 2.44. The van der Waals surface area contributed by atoms with Crippen molar-refractivity contribution in [1.29, 1.82) is 0 Å². The van der Waals surface area contributed by atoms with Crippen molar-refractivity contribution in [2.75, 3.05) is 13.2 Å². The molecule has 1 amide bonds. The molecule has 1 N–H and O–H groups in total. The van der Waals surface area contributed by atoms with Crippen LogP contribution in [0.25, 0.3) is 0 Å². The Morgan fingerprint density at radius 3 is 2.52 bits per heavy atom. The second-order valence-electron chi connectivity index (χ2n) is 4.10. The first-order valence-corrected chi connectivity index (χ1v) is 7.09. The molecular weight excluding hydrogens is 342 g/mol. The van der Waals surface area contributed by atoms with Gasteiger partial charge in [-0.3, -0.25) is 9.59 Å². The number of esters is 2. The first-order valence-electron chi connectivity index (χ1n) is 6.29. The van der Waals surface area contributed by atoms with E-state index in [0.29, 0.717) is 22.2 Å². The van der Waals surface area contributed by atoms with Gasteiger partial charge in [-0.05, 0) is 19.1 Å². The summed E-state index contributed by atoms with van der Waals surface area (Å²) < 4.78 is 10.5. The number of rotatable bonds is 6. The second kappa shape index (κ2) is 8.41. The maximum Gasteiger partial charge on any atom is 0.338 e. The first kappa shape index (κ1) is 17.2. The summed E-state index contributed by atoms with van der Waals surface area (Å²) in [6, 6.07) is 4.87. The van der Waals surface area contributed by atoms with Gasteiger partial charge in [-0.15, -0.1) is 0 Å². The van der Waals surface area contributed by atoms with Crippen molar-refractivity contribution in [3.05, 3.63) is 33.8 Å². The maximum atomic E-state index is 11.6. The molecule has 0 aliphatic carbocycles. The molecule has 0 radical (unpaired) electrons. The zero-order chi connectivity index (χ0) is 15.8. The summed E-state index contributed by atoms with van der Waals surface area (Å²) in [6.45, 7) is 3.22. The van der Waals surface area contributed by atoms with Crippen LogP contribution >= 0.6 is 15.9 Å². The number of hydrogen-bond acceptors (Lipinski definition) is 5. The third-order valence-corrected chi connectivity index (χ3v) is 3.17. The van der Waals surface area contributed by atoms with Crippen LogP contribution in [0.15, 0.2) is 22.7 Å². The number of amides is 1. The number of hydrogen-bond donors (Lipinski definition) is 1. The highest BCUT2D eigenvalue weighted by atomic mass is 79.9. The molecule has 6 nitrogen and oxygen atoms in total. The van der Waals surface area contributed by atoms with E-state index >= 15 is 0 Å². The van der Waals surface area contributed by atoms with Gasteiger partial charge in [-0.1, -0.05) is 22.0 Å². The molecule has 0 spiro atoms. The Morgan fingerprint density at radius 2 is 1.95 bits per heavy atom. The molecular formula is C14H16BrNO5. The molecule has 0 atom stereocenters. The van der Waals surface area contributed by atoms with Crippen LogP contribution in [0.2, 0.25) is 0 Å². The minimum Gasteiger partial charge on any atom is -0.462 e. The summed E-state index contributed by atoms with van der Waals surface area (Å²) in [6.07, 6.45) is 0. The lowest BCUT2D eigenvalue weighted by atomic mass is 10.1. The molecule has 1 aromatic carbocycles. The molecule has 7 heteroatoms. The van der Waals surface area contributed by atoms with E-state index in [9.17, 15) is 14.4 Å². The predicted molar refractivity (Wildman–Crippen MR) is 78.6 cm³/mol. The van der Waals surface area contributed by atoms with Crippen LogP contribution in [0.5, 0.6) is 0 Å². The zero-order valence-electron chi connectivity index (χ0n) is 11.8. The Balaban J connectivity index is 2.58. The Labute approximate surface area is 130 Å². The number of nitrogens with one attached hydrogen (secondary N) is 1. The van der Waals surface area contributed by atoms with E-state index in [-0.39, 0.29) is 19.1 Å². The van der Waals surface area contributed by atoms with Gasteiger partial charge in [0.1, 0.15) is 13.2 Å². The standard InChI is InChI=1S/C14H16BrNO5/c1-3-20-14(19)10-4-5-11(12(15)6-10)8-21-13(18)7-16-9(2)17/h4-6H,3,7-8H2,1-2H3,(H,16,17). The van der Waals surface area contributed by atoms with E-state index in [4.69, 9.17) is 9.47 Å². The number of ether oxygens (including phenoxy) is 2. The lowest BCUT2D eigenvalue weighted by Crippen LogP contribution is -2.28. The van der Waals surface area contributed by atoms with E-state index in [2.05, 4.69) is 21.2 Å². The molecule has 21 heavy (non-hydrogen) atoms. The van der Waals surface area contributed by atoms with Gasteiger partial charge in [0, 0.05) is 17.0 Å². The molecule has 1 aromatic rings. The van der Waals surface area contributed by atoms with Crippen LogP contribution in [0.1, 0.15) is 29.8 Å². The zero-order valence-corrected chi connectivity index (χ0v) is 13.4. The van der Waals surface area contributed by atoms with Crippen molar-refractivity contribution in [3.63, 3.8) is 0 Å². The van der Waals surface area contributed by atoms with Gasteiger partial charge < -0.3 is 14.8 Å². The fourth-order valence-electron chi connectivity index (χ4n) is 1.41. The minimum atomic E-state index is -0.536. The first-order chi connectivity index (χ1) is 9.93. The predicted octanol–water partition coefficient (Wildman–Crippen LogP) is 1.81. The summed E-state index contributed by atoms with van der Waals surface area (Å²) in [5.41, 5.74) is 1.12. The molecule has 0 saturated carbocycles. The topological polar surface area (TPSA) is 81.7 Å². The van der Waals surface area contributed by atoms with Crippen LogP contribution in [-0.4, -0.2) is 31.0 Å². The van der Waals surface area contributed by atoms with E-state index in [0.717, 1.165) is 0 Å². The Hall–Kier alpha value is -1.89.